The van der Waals surface area contributed by atoms with Gasteiger partial charge in [0, 0.05) is 17.7 Å². The van der Waals surface area contributed by atoms with Crippen molar-refractivity contribution in [1.29, 1.82) is 0 Å². The largest absolute Gasteiger partial charge is 0.463 e. The topological polar surface area (TPSA) is 125 Å². The standard InChI is InChI=1S/C23H25FN2O7/c1-5-32-20(28)23(24,19(27)15-10-7-6-8-11-15)18(25-21(29)33-22(2,3)4)16-12-9-13-17(14-16)26(30)31/h6-14,18H,5H2,1-4H3,(H,25,29)/t18-,23+/m0/s1. The van der Waals surface area contributed by atoms with Crippen molar-refractivity contribution in [2.75, 3.05) is 6.61 Å². The molecule has 33 heavy (non-hydrogen) atoms. The number of nitrogens with zero attached hydrogens (tertiary/aromatic N) is 1. The zero-order chi connectivity index (χ0) is 24.8. The zero-order valence-electron chi connectivity index (χ0n) is 18.7. The number of carbonyl (C=O) groups is 3. The second-order valence-electron chi connectivity index (χ2n) is 8.06. The highest BCUT2D eigenvalue weighted by Gasteiger charge is 2.56. The van der Waals surface area contributed by atoms with Crippen LogP contribution in [0.3, 0.4) is 0 Å². The quantitative estimate of drug-likeness (QED) is 0.204. The first-order valence-corrected chi connectivity index (χ1v) is 10.1. The molecular formula is C23H25FN2O7. The number of alkyl carbamates (subject to hydrolysis) is 1. The van der Waals surface area contributed by atoms with Gasteiger partial charge in [-0.05, 0) is 33.3 Å². The maximum absolute atomic E-state index is 16.7. The predicted molar refractivity (Wildman–Crippen MR) is 116 cm³/mol. The molecule has 1 N–H and O–H groups in total. The first-order valence-electron chi connectivity index (χ1n) is 10.1. The second-order valence-corrected chi connectivity index (χ2v) is 8.06. The first kappa shape index (κ1) is 25.4. The van der Waals surface area contributed by atoms with Crippen LogP contribution in [0, 0.1) is 10.1 Å². The highest BCUT2D eigenvalue weighted by molar-refractivity contribution is 6.16. The predicted octanol–water partition coefficient (Wildman–Crippen LogP) is 4.31. The number of Topliss-reactive ketones (excluding diaryl/α,β-unsaturated/α-hetero) is 1. The van der Waals surface area contributed by atoms with Crippen LogP contribution < -0.4 is 5.32 Å². The first-order chi connectivity index (χ1) is 15.4. The summed E-state index contributed by atoms with van der Waals surface area (Å²) in [7, 11) is 0. The number of hydrogen-bond acceptors (Lipinski definition) is 7. The van der Waals surface area contributed by atoms with Gasteiger partial charge in [0.05, 0.1) is 11.5 Å². The summed E-state index contributed by atoms with van der Waals surface area (Å²) < 4.78 is 26.7. The Balaban J connectivity index is 2.69. The molecule has 0 saturated carbocycles. The van der Waals surface area contributed by atoms with Gasteiger partial charge in [-0.2, -0.15) is 0 Å². The molecule has 0 aliphatic heterocycles. The van der Waals surface area contributed by atoms with Crippen LogP contribution in [0.5, 0.6) is 0 Å². The molecule has 0 aliphatic rings. The Bertz CT molecular complexity index is 1040. The summed E-state index contributed by atoms with van der Waals surface area (Å²) in [5.74, 6) is -2.83. The summed E-state index contributed by atoms with van der Waals surface area (Å²) in [4.78, 5) is 49.2. The van der Waals surface area contributed by atoms with E-state index in [1.807, 2.05) is 0 Å². The van der Waals surface area contributed by atoms with Gasteiger partial charge in [0.1, 0.15) is 11.6 Å². The lowest BCUT2D eigenvalue weighted by atomic mass is 9.83. The van der Waals surface area contributed by atoms with Gasteiger partial charge in [-0.25, -0.2) is 14.0 Å². The third kappa shape index (κ3) is 6.12. The van der Waals surface area contributed by atoms with Crippen LogP contribution in [-0.2, 0) is 14.3 Å². The van der Waals surface area contributed by atoms with E-state index in [1.54, 1.807) is 26.8 Å². The SMILES string of the molecule is CCOC(=O)[C@](F)(C(=O)c1ccccc1)[C@@H](NC(=O)OC(C)(C)C)c1cccc([N+](=O)[O-])c1. The number of non-ortho nitro benzene ring substituents is 1. The summed E-state index contributed by atoms with van der Waals surface area (Å²) in [6.45, 7) is 5.88. The number of nitrogens with one attached hydrogen (secondary N) is 1. The van der Waals surface area contributed by atoms with Crippen molar-refractivity contribution in [2.24, 2.45) is 0 Å². The van der Waals surface area contributed by atoms with E-state index in [9.17, 15) is 24.5 Å². The molecule has 0 spiro atoms. The number of benzene rings is 2. The number of hydrogen-bond donors (Lipinski definition) is 1. The molecule has 0 heterocycles. The lowest BCUT2D eigenvalue weighted by Crippen LogP contribution is -2.55. The summed E-state index contributed by atoms with van der Waals surface area (Å²) in [6, 6.07) is 9.77. The van der Waals surface area contributed by atoms with Crippen LogP contribution >= 0.6 is 0 Å². The van der Waals surface area contributed by atoms with Crippen LogP contribution in [0.2, 0.25) is 0 Å². The van der Waals surface area contributed by atoms with Gasteiger partial charge in [-0.1, -0.05) is 42.5 Å². The average Bonchev–Trinajstić information content (AvgIpc) is 2.76. The highest BCUT2D eigenvalue weighted by Crippen LogP contribution is 2.36. The minimum atomic E-state index is -3.45. The Morgan fingerprint density at radius 2 is 1.73 bits per heavy atom. The van der Waals surface area contributed by atoms with E-state index in [2.05, 4.69) is 5.32 Å². The minimum Gasteiger partial charge on any atom is -0.463 e. The maximum Gasteiger partial charge on any atom is 0.408 e. The van der Waals surface area contributed by atoms with Crippen molar-refractivity contribution in [3.05, 3.63) is 75.8 Å². The molecule has 0 saturated heterocycles. The van der Waals surface area contributed by atoms with Gasteiger partial charge in [0.15, 0.2) is 0 Å². The summed E-state index contributed by atoms with van der Waals surface area (Å²) in [5, 5.41) is 13.5. The monoisotopic (exact) mass is 460 g/mol. The number of ketones is 1. The fraction of sp³-hybridized carbons (Fsp3) is 0.348. The highest BCUT2D eigenvalue weighted by atomic mass is 19.1. The molecule has 2 aromatic carbocycles. The van der Waals surface area contributed by atoms with E-state index in [4.69, 9.17) is 9.47 Å². The number of nitro groups is 1. The second kappa shape index (κ2) is 10.2. The van der Waals surface area contributed by atoms with Crippen molar-refractivity contribution in [2.45, 2.75) is 45.0 Å². The number of esters is 1. The third-order valence-electron chi connectivity index (χ3n) is 4.41. The number of nitro benzene ring substituents is 1. The molecule has 0 bridgehead atoms. The molecule has 0 radical (unpaired) electrons. The van der Waals surface area contributed by atoms with Gasteiger partial charge in [-0.3, -0.25) is 14.9 Å². The molecule has 10 heteroatoms. The van der Waals surface area contributed by atoms with E-state index in [1.165, 1.54) is 43.3 Å². The number of rotatable bonds is 8. The van der Waals surface area contributed by atoms with E-state index < -0.39 is 45.8 Å². The minimum absolute atomic E-state index is 0.158. The van der Waals surface area contributed by atoms with Crippen molar-refractivity contribution in [1.82, 2.24) is 5.32 Å². The van der Waals surface area contributed by atoms with Crippen molar-refractivity contribution < 1.29 is 33.2 Å². The van der Waals surface area contributed by atoms with E-state index in [-0.39, 0.29) is 17.7 Å². The van der Waals surface area contributed by atoms with Crippen molar-refractivity contribution >= 4 is 23.5 Å². The number of ether oxygens (including phenoxy) is 2. The van der Waals surface area contributed by atoms with Gasteiger partial charge in [0.25, 0.3) is 11.4 Å². The molecule has 0 aliphatic carbocycles. The lowest BCUT2D eigenvalue weighted by Gasteiger charge is -2.32. The van der Waals surface area contributed by atoms with Gasteiger partial charge in [-0.15, -0.1) is 0 Å². The Morgan fingerprint density at radius 1 is 1.09 bits per heavy atom. The fourth-order valence-electron chi connectivity index (χ4n) is 3.03. The Hall–Kier alpha value is -3.82. The van der Waals surface area contributed by atoms with Crippen molar-refractivity contribution in [3.8, 4) is 0 Å². The fourth-order valence-corrected chi connectivity index (χ4v) is 3.03. The molecule has 0 aromatic heterocycles. The molecule has 2 rings (SSSR count). The molecule has 176 valence electrons. The Kier molecular flexibility index (Phi) is 7.86. The molecule has 0 fully saturated rings. The zero-order valence-corrected chi connectivity index (χ0v) is 18.7. The Morgan fingerprint density at radius 3 is 2.27 bits per heavy atom. The number of carbonyl (C=O) groups excluding carboxylic acids is 3. The number of amides is 1. The van der Waals surface area contributed by atoms with Crippen LogP contribution in [0.25, 0.3) is 0 Å². The summed E-state index contributed by atoms with van der Waals surface area (Å²) >= 11 is 0. The third-order valence-corrected chi connectivity index (χ3v) is 4.41. The number of halogens is 1. The molecule has 2 aromatic rings. The maximum atomic E-state index is 16.7. The Labute approximate surface area is 190 Å². The summed E-state index contributed by atoms with van der Waals surface area (Å²) in [5.41, 5.74) is -5.22. The average molecular weight is 460 g/mol. The molecule has 2 atom stereocenters. The van der Waals surface area contributed by atoms with Crippen LogP contribution in [0.1, 0.15) is 49.7 Å². The normalized spacial score (nSPS) is 13.8. The lowest BCUT2D eigenvalue weighted by molar-refractivity contribution is -0.385. The van der Waals surface area contributed by atoms with Crippen LogP contribution in [0.4, 0.5) is 14.9 Å². The van der Waals surface area contributed by atoms with E-state index in [0.717, 1.165) is 12.1 Å². The molecular weight excluding hydrogens is 435 g/mol. The molecule has 9 nitrogen and oxygen atoms in total. The van der Waals surface area contributed by atoms with E-state index >= 15 is 4.39 Å². The van der Waals surface area contributed by atoms with Crippen molar-refractivity contribution in [3.63, 3.8) is 0 Å². The molecule has 0 unspecified atom stereocenters. The number of alkyl halides is 1. The van der Waals surface area contributed by atoms with Gasteiger partial charge >= 0.3 is 12.1 Å². The smallest absolute Gasteiger partial charge is 0.408 e. The van der Waals surface area contributed by atoms with Crippen LogP contribution in [0.15, 0.2) is 54.6 Å². The molecule has 1 amide bonds. The van der Waals surface area contributed by atoms with Gasteiger partial charge in [0.2, 0.25) is 5.78 Å². The van der Waals surface area contributed by atoms with Crippen LogP contribution in [-0.4, -0.2) is 40.6 Å². The van der Waals surface area contributed by atoms with Gasteiger partial charge < -0.3 is 14.8 Å². The summed E-state index contributed by atoms with van der Waals surface area (Å²) in [6.07, 6.45) is -1.13. The van der Waals surface area contributed by atoms with E-state index in [0.29, 0.717) is 0 Å².